The summed E-state index contributed by atoms with van der Waals surface area (Å²) in [5.41, 5.74) is 3.69. The van der Waals surface area contributed by atoms with Crippen molar-refractivity contribution in [2.45, 2.75) is 121 Å². The van der Waals surface area contributed by atoms with Crippen molar-refractivity contribution in [3.63, 3.8) is 0 Å². The predicted octanol–water partition coefficient (Wildman–Crippen LogP) is 13.3. The second kappa shape index (κ2) is 18.0. The van der Waals surface area contributed by atoms with Gasteiger partial charge in [0.15, 0.2) is 5.78 Å². The van der Waals surface area contributed by atoms with Gasteiger partial charge in [-0.15, -0.1) is 29.1 Å². The Bertz CT molecular complexity index is 2070. The largest absolute Gasteiger partial charge is 0.512 e. The van der Waals surface area contributed by atoms with E-state index >= 15 is 0 Å². The van der Waals surface area contributed by atoms with Gasteiger partial charge in [0.2, 0.25) is 5.71 Å². The number of fused-ring (bicyclic) bond motifs is 4. The molecule has 0 saturated carbocycles. The fourth-order valence-electron chi connectivity index (χ4n) is 6.15. The van der Waals surface area contributed by atoms with Crippen molar-refractivity contribution in [1.29, 1.82) is 0 Å². The molecule has 2 aromatic heterocycles. The van der Waals surface area contributed by atoms with E-state index in [1.54, 1.807) is 6.33 Å². The zero-order chi connectivity index (χ0) is 38.4. The van der Waals surface area contributed by atoms with Crippen LogP contribution in [-0.2, 0) is 30.3 Å². The van der Waals surface area contributed by atoms with Crippen LogP contribution in [0.3, 0.4) is 0 Å². The summed E-state index contributed by atoms with van der Waals surface area (Å²) < 4.78 is 12.2. The SMILES string of the molecule is C/C(=C\CC(C)C)Oc1ccc2c(c1)oc1ncnc(-c3[c-]c4ccccc4c(C(C)(C)C)c3)c12.CCC(C)(CC)C(=O)/C=C(\O)C(C)(CC)CC.[Ir]. The molecular weight excluding hydrogens is 837 g/mol. The Labute approximate surface area is 330 Å². The van der Waals surface area contributed by atoms with Crippen LogP contribution in [0.4, 0.5) is 0 Å². The summed E-state index contributed by atoms with van der Waals surface area (Å²) in [4.78, 5) is 21.3. The molecule has 0 fully saturated rings. The standard InChI is InChI=1S/C31H31N2O2.C15H28O2.Ir/c1-19(2)11-12-20(3)34-23-13-14-25-27(17-23)35-30-28(25)29(32-18-33-30)22-15-21-9-7-8-10-24(21)26(16-22)31(4,5)6;1-7-14(5,8-2)12(16)11-13(17)15(6,9-3)10-4;/h7-10,12-14,16-19H,11H2,1-6H3;11,16H,7-10H2,1-6H3;/q-1;;/b20-12+;12-11-;. The van der Waals surface area contributed by atoms with Crippen LogP contribution in [-0.4, -0.2) is 20.9 Å². The third-order valence-electron chi connectivity index (χ3n) is 10.8. The van der Waals surface area contributed by atoms with Gasteiger partial charge in [-0.3, -0.25) is 9.78 Å². The van der Waals surface area contributed by atoms with E-state index in [0.29, 0.717) is 11.6 Å². The van der Waals surface area contributed by atoms with Gasteiger partial charge < -0.3 is 14.3 Å². The van der Waals surface area contributed by atoms with E-state index < -0.39 is 0 Å². The summed E-state index contributed by atoms with van der Waals surface area (Å²) in [5.74, 6) is 2.51. The summed E-state index contributed by atoms with van der Waals surface area (Å²) in [6, 6.07) is 20.2. The molecule has 0 spiro atoms. The summed E-state index contributed by atoms with van der Waals surface area (Å²) >= 11 is 0. The first-order valence-corrected chi connectivity index (χ1v) is 18.9. The van der Waals surface area contributed by atoms with Crippen LogP contribution in [0, 0.1) is 22.8 Å². The van der Waals surface area contributed by atoms with Crippen LogP contribution in [0.15, 0.2) is 82.9 Å². The number of nitrogens with zero attached hydrogens (tertiary/aromatic N) is 2. The van der Waals surface area contributed by atoms with Crippen molar-refractivity contribution in [3.05, 3.63) is 90.2 Å². The van der Waals surface area contributed by atoms with Gasteiger partial charge in [-0.1, -0.05) is 105 Å². The molecule has 0 atom stereocenters. The maximum atomic E-state index is 12.2. The van der Waals surface area contributed by atoms with E-state index in [4.69, 9.17) is 14.1 Å². The number of aromatic nitrogens is 2. The van der Waals surface area contributed by atoms with Gasteiger partial charge in [-0.25, -0.2) is 4.98 Å². The summed E-state index contributed by atoms with van der Waals surface area (Å²) in [6.45, 7) is 25.2. The Morgan fingerprint density at radius 3 is 2.15 bits per heavy atom. The van der Waals surface area contributed by atoms with Crippen molar-refractivity contribution < 1.29 is 39.2 Å². The van der Waals surface area contributed by atoms with Gasteiger partial charge in [0.25, 0.3) is 0 Å². The molecule has 3 aromatic carbocycles. The third kappa shape index (κ3) is 10.0. The number of ether oxygens (including phenoxy) is 1. The molecule has 7 heteroatoms. The van der Waals surface area contributed by atoms with Crippen molar-refractivity contribution in [3.8, 4) is 17.0 Å². The Hall–Kier alpha value is -3.80. The van der Waals surface area contributed by atoms with E-state index in [-0.39, 0.29) is 47.9 Å². The molecular formula is C46H59IrN2O4-. The smallest absolute Gasteiger partial charge is 0.223 e. The normalized spacial score (nSPS) is 12.9. The van der Waals surface area contributed by atoms with Gasteiger partial charge in [-0.05, 0) is 68.6 Å². The van der Waals surface area contributed by atoms with E-state index in [1.165, 1.54) is 17.0 Å². The minimum Gasteiger partial charge on any atom is -0.512 e. The topological polar surface area (TPSA) is 85.5 Å². The Morgan fingerprint density at radius 2 is 1.55 bits per heavy atom. The number of rotatable bonds is 12. The summed E-state index contributed by atoms with van der Waals surface area (Å²) in [5, 5.41) is 14.3. The molecule has 53 heavy (non-hydrogen) atoms. The molecule has 287 valence electrons. The molecule has 5 aromatic rings. The molecule has 0 amide bonds. The van der Waals surface area contributed by atoms with E-state index in [0.717, 1.165) is 76.6 Å². The van der Waals surface area contributed by atoms with Crippen LogP contribution in [0.5, 0.6) is 5.75 Å². The molecule has 5 rings (SSSR count). The molecule has 0 aliphatic carbocycles. The van der Waals surface area contributed by atoms with Crippen LogP contribution in [0.1, 0.15) is 121 Å². The average Bonchev–Trinajstić information content (AvgIpc) is 3.50. The zero-order valence-electron chi connectivity index (χ0n) is 33.9. The zero-order valence-corrected chi connectivity index (χ0v) is 36.3. The Morgan fingerprint density at radius 1 is 0.906 bits per heavy atom. The first-order chi connectivity index (χ1) is 24.5. The summed E-state index contributed by atoms with van der Waals surface area (Å²) in [6.07, 6.45) is 9.43. The maximum Gasteiger partial charge on any atom is 0.223 e. The van der Waals surface area contributed by atoms with Gasteiger partial charge >= 0.3 is 0 Å². The number of carbonyl (C=O) groups is 1. The first-order valence-electron chi connectivity index (χ1n) is 18.9. The number of hydrogen-bond acceptors (Lipinski definition) is 6. The van der Waals surface area contributed by atoms with Crippen LogP contribution in [0.2, 0.25) is 0 Å². The van der Waals surface area contributed by atoms with Gasteiger partial charge in [-0.2, -0.15) is 0 Å². The summed E-state index contributed by atoms with van der Waals surface area (Å²) in [7, 11) is 0. The Kier molecular flexibility index (Phi) is 14.8. The molecule has 0 saturated heterocycles. The maximum absolute atomic E-state index is 12.2. The van der Waals surface area contributed by atoms with E-state index in [9.17, 15) is 9.90 Å². The van der Waals surface area contributed by atoms with Crippen molar-refractivity contribution in [2.24, 2.45) is 16.7 Å². The molecule has 0 unspecified atom stereocenters. The van der Waals surface area contributed by atoms with Crippen LogP contribution >= 0.6 is 0 Å². The molecule has 1 N–H and O–H groups in total. The second-order valence-corrected chi connectivity index (χ2v) is 16.0. The molecule has 1 radical (unpaired) electrons. The number of allylic oxidation sites excluding steroid dienone is 4. The fourth-order valence-corrected chi connectivity index (χ4v) is 6.15. The molecule has 6 nitrogen and oxygen atoms in total. The van der Waals surface area contributed by atoms with Crippen LogP contribution in [0.25, 0.3) is 44.1 Å². The second-order valence-electron chi connectivity index (χ2n) is 16.0. The van der Waals surface area contributed by atoms with Gasteiger partial charge in [0.05, 0.1) is 5.76 Å². The molecule has 2 heterocycles. The minimum atomic E-state index is -0.337. The van der Waals surface area contributed by atoms with Crippen molar-refractivity contribution in [2.75, 3.05) is 0 Å². The number of furan rings is 1. The first kappa shape index (κ1) is 43.6. The number of hydrogen-bond donors (Lipinski definition) is 1. The van der Waals surface area contributed by atoms with Gasteiger partial charge in [0, 0.05) is 59.5 Å². The monoisotopic (exact) mass is 896 g/mol. The fraction of sp³-hybridized carbons (Fsp3) is 0.457. The number of aliphatic hydroxyl groups excluding tert-OH is 1. The number of benzene rings is 3. The molecule has 0 bridgehead atoms. The van der Waals surface area contributed by atoms with Crippen molar-refractivity contribution >= 4 is 38.6 Å². The van der Waals surface area contributed by atoms with Crippen molar-refractivity contribution in [1.82, 2.24) is 9.97 Å². The van der Waals surface area contributed by atoms with E-state index in [1.807, 2.05) is 66.7 Å². The van der Waals surface area contributed by atoms with Gasteiger partial charge in [0.1, 0.15) is 23.4 Å². The number of ketones is 1. The molecule has 0 aliphatic rings. The average molecular weight is 896 g/mol. The quantitative estimate of drug-likeness (QED) is 0.0763. The molecule has 0 aliphatic heterocycles. The number of aliphatic hydroxyl groups is 1. The Balaban J connectivity index is 0.000000359. The number of carbonyl (C=O) groups excluding carboxylic acids is 1. The third-order valence-corrected chi connectivity index (χ3v) is 10.8. The minimum absolute atomic E-state index is 0. The van der Waals surface area contributed by atoms with Crippen LogP contribution < -0.4 is 4.74 Å². The van der Waals surface area contributed by atoms with E-state index in [2.05, 4.69) is 82.1 Å². The predicted molar refractivity (Wildman–Crippen MR) is 217 cm³/mol.